The molecule has 0 radical (unpaired) electrons. The monoisotopic (exact) mass is 485 g/mol. The summed E-state index contributed by atoms with van der Waals surface area (Å²) in [5.74, 6) is 1.04. The van der Waals surface area contributed by atoms with Crippen LogP contribution in [0.5, 0.6) is 28.7 Å². The van der Waals surface area contributed by atoms with Crippen LogP contribution in [0.2, 0.25) is 0 Å². The van der Waals surface area contributed by atoms with E-state index in [9.17, 15) is 14.7 Å². The average Bonchev–Trinajstić information content (AvgIpc) is 3.25. The van der Waals surface area contributed by atoms with Crippen molar-refractivity contribution in [2.45, 2.75) is 39.7 Å². The average molecular weight is 486 g/mol. The van der Waals surface area contributed by atoms with E-state index in [1.165, 1.54) is 28.4 Å². The highest BCUT2D eigenvalue weighted by Crippen LogP contribution is 2.42. The predicted octanol–water partition coefficient (Wildman–Crippen LogP) is 4.31. The van der Waals surface area contributed by atoms with Crippen LogP contribution in [0, 0.1) is 6.92 Å². The first-order chi connectivity index (χ1) is 16.7. The number of benzene rings is 2. The van der Waals surface area contributed by atoms with Gasteiger partial charge in [-0.3, -0.25) is 4.79 Å². The maximum Gasteiger partial charge on any atom is 0.342 e. The molecule has 0 unspecified atom stereocenters. The fourth-order valence-electron chi connectivity index (χ4n) is 4.09. The number of carbonyl (C=O) groups excluding carboxylic acids is 2. The van der Waals surface area contributed by atoms with Crippen LogP contribution in [0.3, 0.4) is 0 Å². The zero-order chi connectivity index (χ0) is 25.7. The van der Waals surface area contributed by atoms with Crippen LogP contribution in [-0.4, -0.2) is 45.4 Å². The number of phenolic OH excluding ortho intramolecular Hbond substituents is 1. The zero-order valence-corrected chi connectivity index (χ0v) is 20.9. The van der Waals surface area contributed by atoms with E-state index in [0.29, 0.717) is 52.7 Å². The fraction of sp³-hybridized carbons (Fsp3) is 0.385. The van der Waals surface area contributed by atoms with Gasteiger partial charge in [-0.2, -0.15) is 0 Å². The molecule has 2 aromatic rings. The van der Waals surface area contributed by atoms with E-state index < -0.39 is 5.97 Å². The fourth-order valence-corrected chi connectivity index (χ4v) is 4.09. The predicted molar refractivity (Wildman–Crippen MR) is 130 cm³/mol. The Morgan fingerprint density at radius 2 is 1.69 bits per heavy atom. The van der Waals surface area contributed by atoms with E-state index in [2.05, 4.69) is 5.32 Å². The largest absolute Gasteiger partial charge is 0.507 e. The minimum Gasteiger partial charge on any atom is -0.507 e. The zero-order valence-electron chi connectivity index (χ0n) is 20.9. The molecule has 1 aliphatic heterocycles. The van der Waals surface area contributed by atoms with Crippen molar-refractivity contribution in [3.63, 3.8) is 0 Å². The lowest BCUT2D eigenvalue weighted by Crippen LogP contribution is -2.11. The Kier molecular flexibility index (Phi) is 8.11. The third kappa shape index (κ3) is 5.29. The smallest absolute Gasteiger partial charge is 0.342 e. The van der Waals surface area contributed by atoms with Gasteiger partial charge in [0.25, 0.3) is 0 Å². The van der Waals surface area contributed by atoms with Gasteiger partial charge in [0.05, 0.1) is 28.4 Å². The number of hydrogen-bond acceptors (Lipinski definition) is 8. The summed E-state index contributed by atoms with van der Waals surface area (Å²) in [4.78, 5) is 24.6. The summed E-state index contributed by atoms with van der Waals surface area (Å²) in [6.07, 6.45) is 3.01. The number of esters is 1. The summed E-state index contributed by atoms with van der Waals surface area (Å²) < 4.78 is 26.5. The van der Waals surface area contributed by atoms with E-state index in [1.807, 2.05) is 19.9 Å². The Bertz CT molecular complexity index is 1140. The summed E-state index contributed by atoms with van der Waals surface area (Å²) in [5.41, 5.74) is 3.63. The van der Waals surface area contributed by atoms with Crippen molar-refractivity contribution >= 4 is 17.6 Å². The first kappa shape index (κ1) is 25.7. The number of fused-ring (bicyclic) bond motifs is 1. The van der Waals surface area contributed by atoms with Crippen LogP contribution in [-0.2, 0) is 22.6 Å². The van der Waals surface area contributed by atoms with E-state index in [4.69, 9.17) is 23.7 Å². The number of amides is 1. The third-order valence-electron chi connectivity index (χ3n) is 6.00. The molecule has 2 aromatic carbocycles. The lowest BCUT2D eigenvalue weighted by molar-refractivity contribution is -0.116. The Morgan fingerprint density at radius 1 is 1.06 bits per heavy atom. The highest BCUT2D eigenvalue weighted by atomic mass is 16.5. The molecule has 2 N–H and O–H groups in total. The second-order valence-corrected chi connectivity index (χ2v) is 8.13. The molecule has 0 atom stereocenters. The normalized spacial score (nSPS) is 12.6. The number of rotatable bonds is 10. The molecule has 0 fully saturated rings. The molecule has 0 spiro atoms. The van der Waals surface area contributed by atoms with E-state index in [1.54, 1.807) is 12.1 Å². The van der Waals surface area contributed by atoms with Gasteiger partial charge >= 0.3 is 5.97 Å². The number of hydrogen-bond donors (Lipinski definition) is 2. The van der Waals surface area contributed by atoms with Crippen LogP contribution < -0.4 is 24.3 Å². The van der Waals surface area contributed by atoms with Crippen LogP contribution >= 0.6 is 0 Å². The number of allylic oxidation sites excluding steroid dienone is 2. The lowest BCUT2D eigenvalue weighted by atomic mass is 9.94. The molecule has 1 aliphatic rings. The molecule has 0 bridgehead atoms. The van der Waals surface area contributed by atoms with Crippen LogP contribution in [0.4, 0.5) is 5.69 Å². The molecule has 35 heavy (non-hydrogen) atoms. The summed E-state index contributed by atoms with van der Waals surface area (Å²) in [6.45, 7) is 3.87. The Morgan fingerprint density at radius 3 is 2.26 bits per heavy atom. The summed E-state index contributed by atoms with van der Waals surface area (Å²) in [7, 11) is 6.06. The van der Waals surface area contributed by atoms with Crippen molar-refractivity contribution in [1.29, 1.82) is 0 Å². The van der Waals surface area contributed by atoms with Gasteiger partial charge in [-0.05, 0) is 32.3 Å². The summed E-state index contributed by atoms with van der Waals surface area (Å²) in [5, 5.41) is 13.6. The van der Waals surface area contributed by atoms with E-state index in [0.717, 1.165) is 11.1 Å². The SMILES string of the molecule is COc1cc(NC(=O)CCC(C)=CCc2c(O)c3c(c(C)c2OC)COC3=O)cc(OC)c1OC. The first-order valence-electron chi connectivity index (χ1n) is 11.1. The van der Waals surface area contributed by atoms with Gasteiger partial charge in [-0.25, -0.2) is 4.79 Å². The molecule has 0 saturated carbocycles. The van der Waals surface area contributed by atoms with Gasteiger partial charge in [0, 0.05) is 35.4 Å². The number of carbonyl (C=O) groups is 2. The molecular formula is C26H31NO8. The molecular weight excluding hydrogens is 454 g/mol. The van der Waals surface area contributed by atoms with Gasteiger partial charge in [0.2, 0.25) is 11.7 Å². The minimum absolute atomic E-state index is 0.117. The number of methoxy groups -OCH3 is 4. The molecule has 1 heterocycles. The summed E-state index contributed by atoms with van der Waals surface area (Å²) in [6, 6.07) is 3.33. The van der Waals surface area contributed by atoms with Crippen molar-refractivity contribution in [3.05, 3.63) is 46.0 Å². The van der Waals surface area contributed by atoms with Gasteiger partial charge in [-0.15, -0.1) is 0 Å². The molecule has 3 rings (SSSR count). The third-order valence-corrected chi connectivity index (χ3v) is 6.00. The number of anilines is 1. The molecule has 0 aromatic heterocycles. The quantitative estimate of drug-likeness (QED) is 0.378. The molecule has 0 aliphatic carbocycles. The number of nitrogens with one attached hydrogen (secondary N) is 1. The van der Waals surface area contributed by atoms with Crippen LogP contribution in [0.15, 0.2) is 23.8 Å². The van der Waals surface area contributed by atoms with Gasteiger partial charge < -0.3 is 34.1 Å². The Hall–Kier alpha value is -3.88. The maximum absolute atomic E-state index is 12.5. The second-order valence-electron chi connectivity index (χ2n) is 8.13. The topological polar surface area (TPSA) is 113 Å². The Balaban J connectivity index is 1.69. The van der Waals surface area contributed by atoms with Crippen LogP contribution in [0.1, 0.15) is 46.8 Å². The van der Waals surface area contributed by atoms with Crippen molar-refractivity contribution in [2.75, 3.05) is 33.8 Å². The minimum atomic E-state index is -0.534. The lowest BCUT2D eigenvalue weighted by Gasteiger charge is -2.16. The van der Waals surface area contributed by atoms with Gasteiger partial charge in [-0.1, -0.05) is 11.6 Å². The molecule has 1 amide bonds. The van der Waals surface area contributed by atoms with Gasteiger partial charge in [0.15, 0.2) is 11.5 Å². The summed E-state index contributed by atoms with van der Waals surface area (Å²) >= 11 is 0. The first-order valence-corrected chi connectivity index (χ1v) is 11.1. The highest BCUT2D eigenvalue weighted by molar-refractivity contribution is 5.98. The maximum atomic E-state index is 12.5. The second kappa shape index (κ2) is 11.0. The van der Waals surface area contributed by atoms with E-state index in [-0.39, 0.29) is 30.2 Å². The Labute approximate surface area is 204 Å². The molecule has 9 heteroatoms. The molecule has 9 nitrogen and oxygen atoms in total. The van der Waals surface area contributed by atoms with Crippen molar-refractivity contribution in [3.8, 4) is 28.7 Å². The van der Waals surface area contributed by atoms with E-state index >= 15 is 0 Å². The van der Waals surface area contributed by atoms with Gasteiger partial charge in [0.1, 0.15) is 23.7 Å². The van der Waals surface area contributed by atoms with Crippen molar-refractivity contribution in [2.24, 2.45) is 0 Å². The molecule has 0 saturated heterocycles. The highest BCUT2D eigenvalue weighted by Gasteiger charge is 2.31. The number of phenols is 1. The van der Waals surface area contributed by atoms with Crippen molar-refractivity contribution in [1.82, 2.24) is 0 Å². The number of cyclic esters (lactones) is 1. The van der Waals surface area contributed by atoms with Crippen LogP contribution in [0.25, 0.3) is 0 Å². The number of ether oxygens (including phenoxy) is 5. The number of aromatic hydroxyl groups is 1. The standard InChI is InChI=1S/C26H31NO8/c1-14(7-9-17-23(29)22-18(13-35-26(22)30)15(2)24(17)33-5)8-10-21(28)27-16-11-19(31-3)25(34-6)20(12-16)32-4/h7,11-12,29H,8-10,13H2,1-6H3,(H,27,28). The molecule has 188 valence electrons. The van der Waals surface area contributed by atoms with Crippen molar-refractivity contribution < 1.29 is 38.4 Å².